The summed E-state index contributed by atoms with van der Waals surface area (Å²) in [4.78, 5) is 8.74. The van der Waals surface area contributed by atoms with Crippen molar-refractivity contribution in [1.29, 1.82) is 0 Å². The molecule has 0 unspecified atom stereocenters. The highest BCUT2D eigenvalue weighted by Crippen LogP contribution is 2.30. The molecule has 0 bridgehead atoms. The van der Waals surface area contributed by atoms with E-state index in [0.717, 1.165) is 20.9 Å². The van der Waals surface area contributed by atoms with E-state index in [1.54, 1.807) is 25.1 Å². The minimum Gasteiger partial charge on any atom is -0.227 e. The molecule has 2 nitrogen and oxygen atoms in total. The minimum absolute atomic E-state index is 0.305. The number of fused-ring (bicyclic) bond motifs is 1. The third-order valence-electron chi connectivity index (χ3n) is 3.34. The molecule has 1 heterocycles. The zero-order chi connectivity index (χ0) is 15.1. The van der Waals surface area contributed by atoms with Crippen molar-refractivity contribution in [3.05, 3.63) is 56.9 Å². The molecule has 2 aromatic carbocycles. The molecule has 0 atom stereocenters. The fraction of sp³-hybridized carbons (Fsp3) is 0.125. The lowest BCUT2D eigenvalue weighted by Gasteiger charge is -2.09. The Morgan fingerprint density at radius 2 is 1.86 bits per heavy atom. The van der Waals surface area contributed by atoms with Gasteiger partial charge in [-0.25, -0.2) is 14.4 Å². The molecular formula is C16H11BrClFN2. The molecule has 3 rings (SSSR count). The van der Waals surface area contributed by atoms with Crippen molar-refractivity contribution in [3.63, 3.8) is 0 Å². The van der Waals surface area contributed by atoms with Gasteiger partial charge < -0.3 is 0 Å². The van der Waals surface area contributed by atoms with Gasteiger partial charge in [0.05, 0.1) is 11.1 Å². The predicted molar refractivity (Wildman–Crippen MR) is 87.1 cm³/mol. The Kier molecular flexibility index (Phi) is 3.68. The van der Waals surface area contributed by atoms with Crippen LogP contribution in [-0.4, -0.2) is 9.97 Å². The van der Waals surface area contributed by atoms with E-state index in [-0.39, 0.29) is 5.82 Å². The fourth-order valence-corrected chi connectivity index (χ4v) is 3.06. The molecule has 0 fully saturated rings. The average molecular weight is 366 g/mol. The number of rotatable bonds is 1. The van der Waals surface area contributed by atoms with Crippen molar-refractivity contribution in [3.8, 4) is 11.4 Å². The van der Waals surface area contributed by atoms with Crippen LogP contribution in [0.15, 0.2) is 34.8 Å². The standard InChI is InChI=1S/C16H11BrClFN2/c1-8-4-3-5-11(13(8)19)16-20-14-9(2)6-10(17)7-12(14)15(18)21-16/h3-7H,1-2H3. The number of benzene rings is 2. The van der Waals surface area contributed by atoms with Gasteiger partial charge in [0.2, 0.25) is 0 Å². The van der Waals surface area contributed by atoms with Crippen LogP contribution in [0.25, 0.3) is 22.3 Å². The summed E-state index contributed by atoms with van der Waals surface area (Å²) < 4.78 is 15.2. The van der Waals surface area contributed by atoms with Crippen molar-refractivity contribution in [2.75, 3.05) is 0 Å². The number of hydrogen-bond acceptors (Lipinski definition) is 2. The van der Waals surface area contributed by atoms with Gasteiger partial charge in [0.15, 0.2) is 5.82 Å². The van der Waals surface area contributed by atoms with Gasteiger partial charge in [-0.3, -0.25) is 0 Å². The van der Waals surface area contributed by atoms with E-state index in [2.05, 4.69) is 25.9 Å². The lowest BCUT2D eigenvalue weighted by molar-refractivity contribution is 0.621. The maximum absolute atomic E-state index is 14.3. The molecule has 0 amide bonds. The van der Waals surface area contributed by atoms with Gasteiger partial charge in [-0.2, -0.15) is 0 Å². The summed E-state index contributed by atoms with van der Waals surface area (Å²) in [6, 6.07) is 8.96. The summed E-state index contributed by atoms with van der Waals surface area (Å²) in [6.07, 6.45) is 0. The molecule has 0 saturated heterocycles. The van der Waals surface area contributed by atoms with E-state index in [4.69, 9.17) is 11.6 Å². The van der Waals surface area contributed by atoms with Gasteiger partial charge in [-0.15, -0.1) is 0 Å². The lowest BCUT2D eigenvalue weighted by Crippen LogP contribution is -1.97. The Balaban J connectivity index is 2.33. The molecule has 0 N–H and O–H groups in total. The summed E-state index contributed by atoms with van der Waals surface area (Å²) >= 11 is 9.68. The van der Waals surface area contributed by atoms with Crippen LogP contribution >= 0.6 is 27.5 Å². The largest absolute Gasteiger partial charge is 0.227 e. The van der Waals surface area contributed by atoms with Crippen LogP contribution in [0.4, 0.5) is 4.39 Å². The lowest BCUT2D eigenvalue weighted by atomic mass is 10.1. The van der Waals surface area contributed by atoms with Crippen LogP contribution in [0, 0.1) is 19.7 Å². The van der Waals surface area contributed by atoms with Crippen molar-refractivity contribution in [1.82, 2.24) is 9.97 Å². The zero-order valence-corrected chi connectivity index (χ0v) is 13.8. The predicted octanol–water partition coefficient (Wildman–Crippen LogP) is 5.47. The molecular weight excluding hydrogens is 355 g/mol. The minimum atomic E-state index is -0.317. The second-order valence-corrected chi connectivity index (χ2v) is 6.17. The molecule has 0 saturated carbocycles. The second kappa shape index (κ2) is 5.35. The Bertz CT molecular complexity index is 865. The van der Waals surface area contributed by atoms with Gasteiger partial charge in [-0.1, -0.05) is 39.7 Å². The maximum atomic E-state index is 14.3. The van der Waals surface area contributed by atoms with E-state index in [9.17, 15) is 4.39 Å². The number of hydrogen-bond donors (Lipinski definition) is 0. The van der Waals surface area contributed by atoms with Crippen molar-refractivity contribution in [2.24, 2.45) is 0 Å². The Morgan fingerprint density at radius 1 is 1.10 bits per heavy atom. The molecule has 0 aliphatic carbocycles. The van der Waals surface area contributed by atoms with E-state index in [1.165, 1.54) is 0 Å². The third kappa shape index (κ3) is 2.54. The summed E-state index contributed by atoms with van der Waals surface area (Å²) in [7, 11) is 0. The Labute approximate surface area is 135 Å². The van der Waals surface area contributed by atoms with Crippen LogP contribution in [0.3, 0.4) is 0 Å². The highest BCUT2D eigenvalue weighted by Gasteiger charge is 2.14. The van der Waals surface area contributed by atoms with Crippen molar-refractivity contribution < 1.29 is 4.39 Å². The Hall–Kier alpha value is -1.52. The smallest absolute Gasteiger partial charge is 0.164 e. The van der Waals surface area contributed by atoms with Gasteiger partial charge in [0, 0.05) is 9.86 Å². The van der Waals surface area contributed by atoms with Gasteiger partial charge in [-0.05, 0) is 43.2 Å². The van der Waals surface area contributed by atoms with Crippen LogP contribution in [0.5, 0.6) is 0 Å². The first-order chi connectivity index (χ1) is 9.97. The summed E-state index contributed by atoms with van der Waals surface area (Å²) in [5.41, 5.74) is 2.60. The normalized spacial score (nSPS) is 11.1. The molecule has 0 aliphatic heterocycles. The van der Waals surface area contributed by atoms with E-state index in [1.807, 2.05) is 19.1 Å². The topological polar surface area (TPSA) is 25.8 Å². The SMILES string of the molecule is Cc1cccc(-c2nc(Cl)c3cc(Br)cc(C)c3n2)c1F. The quantitative estimate of drug-likeness (QED) is 0.534. The highest BCUT2D eigenvalue weighted by molar-refractivity contribution is 9.10. The molecule has 5 heteroatoms. The first kappa shape index (κ1) is 14.4. The van der Waals surface area contributed by atoms with Crippen molar-refractivity contribution >= 4 is 38.4 Å². The van der Waals surface area contributed by atoms with E-state index >= 15 is 0 Å². The Morgan fingerprint density at radius 3 is 2.62 bits per heavy atom. The first-order valence-electron chi connectivity index (χ1n) is 6.36. The fourth-order valence-electron chi connectivity index (χ4n) is 2.27. The van der Waals surface area contributed by atoms with Crippen LogP contribution in [0.2, 0.25) is 5.15 Å². The molecule has 1 aromatic heterocycles. The average Bonchev–Trinajstić information content (AvgIpc) is 2.43. The number of halogens is 3. The zero-order valence-electron chi connectivity index (χ0n) is 11.4. The summed E-state index contributed by atoms with van der Waals surface area (Å²) in [5, 5.41) is 1.07. The molecule has 21 heavy (non-hydrogen) atoms. The monoisotopic (exact) mass is 364 g/mol. The molecule has 3 aromatic rings. The third-order valence-corrected chi connectivity index (χ3v) is 4.09. The second-order valence-electron chi connectivity index (χ2n) is 4.89. The summed E-state index contributed by atoms with van der Waals surface area (Å²) in [6.45, 7) is 3.65. The van der Waals surface area contributed by atoms with Gasteiger partial charge in [0.1, 0.15) is 11.0 Å². The van der Waals surface area contributed by atoms with Crippen LogP contribution in [-0.2, 0) is 0 Å². The van der Waals surface area contributed by atoms with Crippen LogP contribution < -0.4 is 0 Å². The number of aryl methyl sites for hydroxylation is 2. The van der Waals surface area contributed by atoms with E-state index < -0.39 is 0 Å². The number of aromatic nitrogens is 2. The first-order valence-corrected chi connectivity index (χ1v) is 7.53. The van der Waals surface area contributed by atoms with Crippen molar-refractivity contribution in [2.45, 2.75) is 13.8 Å². The molecule has 0 aliphatic rings. The van der Waals surface area contributed by atoms with E-state index in [0.29, 0.717) is 22.1 Å². The maximum Gasteiger partial charge on any atom is 0.164 e. The molecule has 106 valence electrons. The van der Waals surface area contributed by atoms with Gasteiger partial charge >= 0.3 is 0 Å². The summed E-state index contributed by atoms with van der Waals surface area (Å²) in [5.74, 6) is -0.0122. The number of nitrogens with zero attached hydrogens (tertiary/aromatic N) is 2. The van der Waals surface area contributed by atoms with Gasteiger partial charge in [0.25, 0.3) is 0 Å². The highest BCUT2D eigenvalue weighted by atomic mass is 79.9. The molecule has 0 radical (unpaired) electrons. The van der Waals surface area contributed by atoms with Crippen LogP contribution in [0.1, 0.15) is 11.1 Å². The molecule has 0 spiro atoms.